The molecule has 0 aliphatic carbocycles. The quantitative estimate of drug-likeness (QED) is 0.754. The van der Waals surface area contributed by atoms with Gasteiger partial charge < -0.3 is 5.32 Å². The number of Topliss-reactive ketones (excluding diaryl/α,β-unsaturated/α-hetero) is 1. The Morgan fingerprint density at radius 2 is 1.95 bits per heavy atom. The van der Waals surface area contributed by atoms with Crippen molar-refractivity contribution < 1.29 is 18.0 Å². The second kappa shape index (κ2) is 6.62. The maximum absolute atomic E-state index is 12.1. The van der Waals surface area contributed by atoms with E-state index in [-0.39, 0.29) is 16.2 Å². The van der Waals surface area contributed by atoms with Crippen LogP contribution in [-0.2, 0) is 14.8 Å². The highest BCUT2D eigenvalue weighted by atomic mass is 32.2. The fraction of sp³-hybridized carbons (Fsp3) is 0.385. The zero-order chi connectivity index (χ0) is 15.3. The van der Waals surface area contributed by atoms with Gasteiger partial charge in [0.05, 0.1) is 10.9 Å². The lowest BCUT2D eigenvalue weighted by Crippen LogP contribution is -2.44. The highest BCUT2D eigenvalue weighted by molar-refractivity contribution is 7.90. The van der Waals surface area contributed by atoms with Crippen LogP contribution in [0, 0.1) is 0 Å². The first-order valence-electron chi connectivity index (χ1n) is 6.16. The lowest BCUT2D eigenvalue weighted by atomic mass is 10.2. The minimum absolute atomic E-state index is 0.107. The molecule has 0 fully saturated rings. The van der Waals surface area contributed by atoms with Crippen LogP contribution in [0.5, 0.6) is 0 Å². The molecule has 1 atom stereocenters. The molecule has 1 amide bonds. The van der Waals surface area contributed by atoms with E-state index in [0.29, 0.717) is 6.42 Å². The molecule has 0 aliphatic rings. The van der Waals surface area contributed by atoms with Crippen molar-refractivity contribution in [1.82, 2.24) is 10.0 Å². The number of hydrogen-bond acceptors (Lipinski definition) is 5. The maximum atomic E-state index is 12.1. The molecule has 110 valence electrons. The van der Waals surface area contributed by atoms with Crippen LogP contribution < -0.4 is 10.0 Å². The van der Waals surface area contributed by atoms with Crippen LogP contribution >= 0.6 is 0 Å². The van der Waals surface area contributed by atoms with Gasteiger partial charge in [0.25, 0.3) is 15.9 Å². The summed E-state index contributed by atoms with van der Waals surface area (Å²) in [7, 11) is -2.39. The number of carbonyl (C=O) groups excluding carboxylic acids is 2. The molecule has 0 aliphatic heterocycles. The van der Waals surface area contributed by atoms with Crippen molar-refractivity contribution in [1.29, 1.82) is 0 Å². The predicted octanol–water partition coefficient (Wildman–Crippen LogP) is 0.692. The maximum Gasteiger partial charge on any atom is 0.264 e. The van der Waals surface area contributed by atoms with Gasteiger partial charge in [-0.25, -0.2) is 13.1 Å². The highest BCUT2D eigenvalue weighted by Crippen LogP contribution is 2.12. The summed E-state index contributed by atoms with van der Waals surface area (Å²) in [6.45, 7) is 3.11. The fourth-order valence-corrected chi connectivity index (χ4v) is 2.73. The Bertz CT molecular complexity index is 607. The molecule has 1 aromatic carbocycles. The summed E-state index contributed by atoms with van der Waals surface area (Å²) in [4.78, 5) is 22.9. The standard InChI is InChI=1S/C13H18N2O4S/c1-4-12(14-3)13(17)15-20(18,19)11-7-5-6-10(8-11)9(2)16/h5-8,12,14H,4H2,1-3H3,(H,15,17). The number of sulfonamides is 1. The third-order valence-corrected chi connectivity index (χ3v) is 4.20. The largest absolute Gasteiger partial charge is 0.309 e. The third-order valence-electron chi connectivity index (χ3n) is 2.86. The Morgan fingerprint density at radius 1 is 1.30 bits per heavy atom. The number of hydrogen-bond donors (Lipinski definition) is 2. The minimum Gasteiger partial charge on any atom is -0.309 e. The molecule has 1 rings (SSSR count). The molecule has 6 nitrogen and oxygen atoms in total. The van der Waals surface area contributed by atoms with Gasteiger partial charge in [-0.05, 0) is 32.5 Å². The smallest absolute Gasteiger partial charge is 0.264 e. The minimum atomic E-state index is -3.97. The molecular formula is C13H18N2O4S. The van der Waals surface area contributed by atoms with E-state index >= 15 is 0 Å². The summed E-state index contributed by atoms with van der Waals surface area (Å²) in [6, 6.07) is 4.98. The molecule has 0 heterocycles. The molecule has 0 saturated heterocycles. The van der Waals surface area contributed by atoms with Crippen molar-refractivity contribution in [3.8, 4) is 0 Å². The van der Waals surface area contributed by atoms with Crippen LogP contribution in [0.4, 0.5) is 0 Å². The van der Waals surface area contributed by atoms with Crippen molar-refractivity contribution >= 4 is 21.7 Å². The third kappa shape index (κ3) is 3.88. The van der Waals surface area contributed by atoms with Gasteiger partial charge in [0.1, 0.15) is 0 Å². The summed E-state index contributed by atoms with van der Waals surface area (Å²) >= 11 is 0. The molecule has 20 heavy (non-hydrogen) atoms. The van der Waals surface area contributed by atoms with Gasteiger partial charge in [0.15, 0.2) is 5.78 Å². The topological polar surface area (TPSA) is 92.3 Å². The first-order valence-corrected chi connectivity index (χ1v) is 7.65. The number of rotatable bonds is 6. The molecule has 1 unspecified atom stereocenters. The van der Waals surface area contributed by atoms with E-state index in [2.05, 4.69) is 5.32 Å². The summed E-state index contributed by atoms with van der Waals surface area (Å²) in [5, 5.41) is 2.72. The van der Waals surface area contributed by atoms with Crippen molar-refractivity contribution in [2.24, 2.45) is 0 Å². The zero-order valence-corrected chi connectivity index (χ0v) is 12.5. The molecule has 2 N–H and O–H groups in total. The lowest BCUT2D eigenvalue weighted by molar-refractivity contribution is -0.121. The molecular weight excluding hydrogens is 280 g/mol. The van der Waals surface area contributed by atoms with E-state index in [4.69, 9.17) is 0 Å². The number of amides is 1. The first-order chi connectivity index (χ1) is 9.31. The van der Waals surface area contributed by atoms with Gasteiger partial charge in [0.2, 0.25) is 0 Å². The molecule has 0 saturated carbocycles. The van der Waals surface area contributed by atoms with Gasteiger partial charge in [-0.3, -0.25) is 9.59 Å². The second-order valence-electron chi connectivity index (χ2n) is 4.30. The van der Waals surface area contributed by atoms with Crippen LogP contribution in [-0.4, -0.2) is 33.2 Å². The van der Waals surface area contributed by atoms with E-state index in [1.165, 1.54) is 31.2 Å². The zero-order valence-electron chi connectivity index (χ0n) is 11.6. The number of ketones is 1. The van der Waals surface area contributed by atoms with E-state index in [1.54, 1.807) is 14.0 Å². The summed E-state index contributed by atoms with van der Waals surface area (Å²) < 4.78 is 26.2. The van der Waals surface area contributed by atoms with E-state index in [9.17, 15) is 18.0 Å². The lowest BCUT2D eigenvalue weighted by Gasteiger charge is -2.14. The summed E-state index contributed by atoms with van der Waals surface area (Å²) in [5.74, 6) is -0.863. The molecule has 0 radical (unpaired) electrons. The summed E-state index contributed by atoms with van der Waals surface area (Å²) in [6.07, 6.45) is 0.464. The number of benzene rings is 1. The molecule has 1 aromatic rings. The first kappa shape index (κ1) is 16.3. The van der Waals surface area contributed by atoms with Gasteiger partial charge in [-0.15, -0.1) is 0 Å². The van der Waals surface area contributed by atoms with Gasteiger partial charge in [-0.1, -0.05) is 19.1 Å². The van der Waals surface area contributed by atoms with E-state index in [1.807, 2.05) is 4.72 Å². The Hall–Kier alpha value is -1.73. The Kier molecular flexibility index (Phi) is 5.41. The van der Waals surface area contributed by atoms with E-state index < -0.39 is 22.0 Å². The second-order valence-corrected chi connectivity index (χ2v) is 5.99. The van der Waals surface area contributed by atoms with Crippen LogP contribution in [0.15, 0.2) is 29.2 Å². The van der Waals surface area contributed by atoms with E-state index in [0.717, 1.165) is 0 Å². The van der Waals surface area contributed by atoms with Crippen molar-refractivity contribution in [3.05, 3.63) is 29.8 Å². The summed E-state index contributed by atoms with van der Waals surface area (Å²) in [5.41, 5.74) is 0.279. The molecule has 0 aromatic heterocycles. The number of likely N-dealkylation sites (N-methyl/N-ethyl adjacent to an activating group) is 1. The number of nitrogens with one attached hydrogen (secondary N) is 2. The SMILES string of the molecule is CCC(NC)C(=O)NS(=O)(=O)c1cccc(C(C)=O)c1. The van der Waals surface area contributed by atoms with Crippen molar-refractivity contribution in [2.75, 3.05) is 7.05 Å². The average Bonchev–Trinajstić information content (AvgIpc) is 2.39. The Balaban J connectivity index is 3.03. The molecule has 0 bridgehead atoms. The van der Waals surface area contributed by atoms with Gasteiger partial charge >= 0.3 is 0 Å². The Labute approximate surface area is 118 Å². The van der Waals surface area contributed by atoms with Crippen LogP contribution in [0.25, 0.3) is 0 Å². The van der Waals surface area contributed by atoms with Gasteiger partial charge in [0, 0.05) is 5.56 Å². The monoisotopic (exact) mass is 298 g/mol. The van der Waals surface area contributed by atoms with Crippen LogP contribution in [0.2, 0.25) is 0 Å². The fourth-order valence-electron chi connectivity index (χ4n) is 1.67. The predicted molar refractivity (Wildman–Crippen MR) is 74.9 cm³/mol. The highest BCUT2D eigenvalue weighted by Gasteiger charge is 2.22. The normalized spacial score (nSPS) is 12.8. The van der Waals surface area contributed by atoms with Crippen molar-refractivity contribution in [3.63, 3.8) is 0 Å². The number of carbonyl (C=O) groups is 2. The van der Waals surface area contributed by atoms with Crippen LogP contribution in [0.1, 0.15) is 30.6 Å². The van der Waals surface area contributed by atoms with Crippen molar-refractivity contribution in [2.45, 2.75) is 31.2 Å². The molecule has 7 heteroatoms. The van der Waals surface area contributed by atoms with Crippen LogP contribution in [0.3, 0.4) is 0 Å². The van der Waals surface area contributed by atoms with Gasteiger partial charge in [-0.2, -0.15) is 0 Å². The Morgan fingerprint density at radius 3 is 2.45 bits per heavy atom. The average molecular weight is 298 g/mol. The molecule has 0 spiro atoms.